The van der Waals surface area contributed by atoms with Crippen LogP contribution in [0.4, 0.5) is 0 Å². The van der Waals surface area contributed by atoms with Crippen molar-refractivity contribution in [2.24, 2.45) is 45.8 Å². The van der Waals surface area contributed by atoms with Crippen LogP contribution in [0.25, 0.3) is 0 Å². The fourth-order valence-corrected chi connectivity index (χ4v) is 9.45. The first kappa shape index (κ1) is 27.5. The van der Waals surface area contributed by atoms with E-state index < -0.39 is 29.3 Å². The highest BCUT2D eigenvalue weighted by molar-refractivity contribution is 5.93. The Morgan fingerprint density at radius 1 is 1.06 bits per heavy atom. The van der Waals surface area contributed by atoms with Gasteiger partial charge in [-0.25, -0.2) is 0 Å². The summed E-state index contributed by atoms with van der Waals surface area (Å²) in [7, 11) is 0. The van der Waals surface area contributed by atoms with E-state index in [1.165, 1.54) is 0 Å². The molecule has 0 radical (unpaired) electrons. The van der Waals surface area contributed by atoms with Gasteiger partial charge in [-0.2, -0.15) is 0 Å². The SMILES string of the molecule is CC1CC[C@H](O)C(C)(C)C1CC[C@@H]1CCC[C@]2(C)C3C(O[C@@H]([C@H](O)C(C)(C)O)C[C@H]3C)C(=O)[C@@]12C. The number of carbonyl (C=O) groups is 1. The predicted molar refractivity (Wildman–Crippen MR) is 138 cm³/mol. The van der Waals surface area contributed by atoms with E-state index in [9.17, 15) is 20.1 Å². The Balaban J connectivity index is 1.59. The third kappa shape index (κ3) is 4.15. The summed E-state index contributed by atoms with van der Waals surface area (Å²) in [4.78, 5) is 14.3. The maximum Gasteiger partial charge on any atom is 0.168 e. The van der Waals surface area contributed by atoms with Gasteiger partial charge >= 0.3 is 0 Å². The van der Waals surface area contributed by atoms with Crippen molar-refractivity contribution >= 4 is 5.78 Å². The van der Waals surface area contributed by atoms with Crippen molar-refractivity contribution in [3.05, 3.63) is 0 Å². The molecule has 35 heavy (non-hydrogen) atoms. The van der Waals surface area contributed by atoms with Crippen molar-refractivity contribution in [2.75, 3.05) is 0 Å². The van der Waals surface area contributed by atoms with Gasteiger partial charge in [0.05, 0.1) is 17.8 Å². The molecule has 4 aliphatic rings. The van der Waals surface area contributed by atoms with Gasteiger partial charge in [0, 0.05) is 11.3 Å². The summed E-state index contributed by atoms with van der Waals surface area (Å²) in [5.74, 6) is 1.99. The monoisotopic (exact) mass is 492 g/mol. The second-order valence-electron chi connectivity index (χ2n) is 14.6. The molecule has 1 saturated heterocycles. The number of hydrogen-bond acceptors (Lipinski definition) is 5. The summed E-state index contributed by atoms with van der Waals surface area (Å²) in [6.45, 7) is 16.8. The third-order valence-corrected chi connectivity index (χ3v) is 11.9. The van der Waals surface area contributed by atoms with Crippen LogP contribution >= 0.6 is 0 Å². The first-order valence-corrected chi connectivity index (χ1v) is 14.3. The number of aliphatic hydroxyl groups excluding tert-OH is 2. The van der Waals surface area contributed by atoms with Gasteiger partial charge < -0.3 is 20.1 Å². The highest BCUT2D eigenvalue weighted by Crippen LogP contribution is 2.68. The Morgan fingerprint density at radius 2 is 1.71 bits per heavy atom. The Labute approximate surface area is 213 Å². The number of aliphatic hydroxyl groups is 3. The number of Topliss-reactive ketones (excluding diaryl/α,β-unsaturated/α-hetero) is 1. The molecule has 0 amide bonds. The number of rotatable bonds is 5. The molecule has 3 N–H and O–H groups in total. The molecule has 11 atom stereocenters. The molecule has 4 fully saturated rings. The van der Waals surface area contributed by atoms with E-state index in [1.807, 2.05) is 0 Å². The summed E-state index contributed by atoms with van der Waals surface area (Å²) in [6.07, 6.45) is 5.69. The van der Waals surface area contributed by atoms with Crippen molar-refractivity contribution in [3.63, 3.8) is 0 Å². The van der Waals surface area contributed by atoms with Crippen LogP contribution < -0.4 is 0 Å². The van der Waals surface area contributed by atoms with Crippen molar-refractivity contribution in [2.45, 2.75) is 137 Å². The maximum absolute atomic E-state index is 14.3. The van der Waals surface area contributed by atoms with E-state index in [4.69, 9.17) is 4.74 Å². The third-order valence-electron chi connectivity index (χ3n) is 11.9. The molecule has 5 heteroatoms. The minimum atomic E-state index is -1.27. The molecule has 202 valence electrons. The molecule has 3 saturated carbocycles. The van der Waals surface area contributed by atoms with Crippen molar-refractivity contribution in [1.82, 2.24) is 0 Å². The molecule has 1 aliphatic heterocycles. The highest BCUT2D eigenvalue weighted by Gasteiger charge is 2.70. The minimum Gasteiger partial charge on any atom is -0.393 e. The minimum absolute atomic E-state index is 0.0949. The summed E-state index contributed by atoms with van der Waals surface area (Å²) in [5, 5.41) is 31.9. The van der Waals surface area contributed by atoms with E-state index in [0.29, 0.717) is 24.2 Å². The van der Waals surface area contributed by atoms with Gasteiger partial charge in [-0.3, -0.25) is 4.79 Å². The number of fused-ring (bicyclic) bond motifs is 3. The van der Waals surface area contributed by atoms with Gasteiger partial charge in [-0.05, 0) is 93.3 Å². The van der Waals surface area contributed by atoms with Crippen LogP contribution in [0.15, 0.2) is 0 Å². The lowest BCUT2D eigenvalue weighted by Crippen LogP contribution is -2.53. The average Bonchev–Trinajstić information content (AvgIpc) is 2.94. The van der Waals surface area contributed by atoms with Crippen molar-refractivity contribution < 1.29 is 24.9 Å². The molecule has 1 heterocycles. The lowest BCUT2D eigenvalue weighted by molar-refractivity contribution is -0.191. The molecule has 3 aliphatic carbocycles. The predicted octanol–water partition coefficient (Wildman–Crippen LogP) is 5.14. The van der Waals surface area contributed by atoms with Gasteiger partial charge in [0.1, 0.15) is 12.2 Å². The van der Waals surface area contributed by atoms with E-state index >= 15 is 0 Å². The second kappa shape index (κ2) is 9.06. The quantitative estimate of drug-likeness (QED) is 0.495. The van der Waals surface area contributed by atoms with Gasteiger partial charge in [0.2, 0.25) is 0 Å². The van der Waals surface area contributed by atoms with Gasteiger partial charge in [0.15, 0.2) is 5.78 Å². The van der Waals surface area contributed by atoms with Gasteiger partial charge in [0.25, 0.3) is 0 Å². The number of ether oxygens (including phenoxy) is 1. The largest absolute Gasteiger partial charge is 0.393 e. The first-order valence-electron chi connectivity index (χ1n) is 14.3. The Hall–Kier alpha value is -0.490. The zero-order valence-electron chi connectivity index (χ0n) is 23.5. The van der Waals surface area contributed by atoms with E-state index in [0.717, 1.165) is 44.9 Å². The topological polar surface area (TPSA) is 87.0 Å². The molecular weight excluding hydrogens is 440 g/mol. The van der Waals surface area contributed by atoms with Gasteiger partial charge in [-0.15, -0.1) is 0 Å². The van der Waals surface area contributed by atoms with Crippen LogP contribution in [0.3, 0.4) is 0 Å². The van der Waals surface area contributed by atoms with Crippen LogP contribution in [0.5, 0.6) is 0 Å². The summed E-state index contributed by atoms with van der Waals surface area (Å²) >= 11 is 0. The van der Waals surface area contributed by atoms with Gasteiger partial charge in [-0.1, -0.05) is 48.0 Å². The maximum atomic E-state index is 14.3. The second-order valence-corrected chi connectivity index (χ2v) is 14.6. The summed E-state index contributed by atoms with van der Waals surface area (Å²) in [5.41, 5.74) is -1.92. The van der Waals surface area contributed by atoms with Crippen LogP contribution in [-0.4, -0.2) is 51.1 Å². The molecule has 0 aromatic rings. The fraction of sp³-hybridized carbons (Fsp3) is 0.967. The standard InChI is InChI=1S/C30H52O5/c1-17-11-14-22(31)27(3,4)20(17)13-12-19-10-9-15-29(7)23-18(2)16-21(25(32)28(5,6)34)35-24(23)26(33)30(19,29)8/h17-25,31-32,34H,9-16H2,1-8H3/t17?,18-,19+,20?,21-,22+,23?,24?,25+,29-,30-/m1/s1. The number of carbonyl (C=O) groups excluding carboxylic acids is 1. The van der Waals surface area contributed by atoms with Crippen LogP contribution in [0, 0.1) is 45.8 Å². The molecule has 0 bridgehead atoms. The zero-order chi connectivity index (χ0) is 26.1. The summed E-state index contributed by atoms with van der Waals surface area (Å²) in [6, 6.07) is 0. The highest BCUT2D eigenvalue weighted by atomic mass is 16.5. The van der Waals surface area contributed by atoms with E-state index in [-0.39, 0.29) is 34.6 Å². The molecule has 4 rings (SSSR count). The first-order chi connectivity index (χ1) is 16.1. The zero-order valence-corrected chi connectivity index (χ0v) is 23.5. The lowest BCUT2D eigenvalue weighted by atomic mass is 9.49. The molecule has 0 aromatic carbocycles. The Morgan fingerprint density at radius 3 is 2.34 bits per heavy atom. The van der Waals surface area contributed by atoms with Crippen LogP contribution in [0.1, 0.15) is 107 Å². The molecule has 4 unspecified atom stereocenters. The van der Waals surface area contributed by atoms with E-state index in [1.54, 1.807) is 13.8 Å². The number of ketones is 1. The van der Waals surface area contributed by atoms with Crippen LogP contribution in [0.2, 0.25) is 0 Å². The summed E-state index contributed by atoms with van der Waals surface area (Å²) < 4.78 is 6.42. The average molecular weight is 493 g/mol. The Kier molecular flexibility index (Phi) is 7.13. The lowest BCUT2D eigenvalue weighted by Gasteiger charge is -2.54. The Bertz CT molecular complexity index is 801. The number of hydrogen-bond donors (Lipinski definition) is 3. The van der Waals surface area contributed by atoms with Crippen molar-refractivity contribution in [3.8, 4) is 0 Å². The van der Waals surface area contributed by atoms with Crippen molar-refractivity contribution in [1.29, 1.82) is 0 Å². The molecule has 5 nitrogen and oxygen atoms in total. The van der Waals surface area contributed by atoms with Crippen LogP contribution in [-0.2, 0) is 9.53 Å². The normalized spacial score (nSPS) is 48.8. The molecular formula is C30H52O5. The smallest absolute Gasteiger partial charge is 0.168 e. The fourth-order valence-electron chi connectivity index (χ4n) is 9.45. The van der Waals surface area contributed by atoms with E-state index in [2.05, 4.69) is 41.5 Å². The molecule has 0 aromatic heterocycles. The molecule has 0 spiro atoms.